The van der Waals surface area contributed by atoms with Gasteiger partial charge in [-0.15, -0.1) is 0 Å². The Morgan fingerprint density at radius 1 is 0.875 bits per heavy atom. The molecule has 1 aliphatic rings. The van der Waals surface area contributed by atoms with Crippen molar-refractivity contribution in [3.63, 3.8) is 0 Å². The number of hydrogen-bond acceptors (Lipinski definition) is 6. The van der Waals surface area contributed by atoms with Crippen molar-refractivity contribution in [2.45, 2.75) is 23.3 Å². The predicted molar refractivity (Wildman–Crippen MR) is 164 cm³/mol. The highest BCUT2D eigenvalue weighted by Gasteiger charge is 2.17. The van der Waals surface area contributed by atoms with Crippen molar-refractivity contribution < 1.29 is 9.53 Å². The van der Waals surface area contributed by atoms with Crippen molar-refractivity contribution in [1.29, 1.82) is 0 Å². The number of carbonyl (C=O) groups is 1. The fourth-order valence-corrected chi connectivity index (χ4v) is 5.44. The summed E-state index contributed by atoms with van der Waals surface area (Å²) in [5.41, 5.74) is 3.66. The first kappa shape index (κ1) is 27.6. The Labute approximate surface area is 240 Å². The van der Waals surface area contributed by atoms with Gasteiger partial charge in [-0.3, -0.25) is 4.90 Å². The molecule has 0 atom stereocenters. The van der Waals surface area contributed by atoms with Gasteiger partial charge in [0, 0.05) is 55.2 Å². The Kier molecular flexibility index (Phi) is 9.55. The van der Waals surface area contributed by atoms with Gasteiger partial charge in [-0.25, -0.2) is 9.78 Å². The Balaban J connectivity index is 1.07. The topological polar surface area (TPSA) is 69.7 Å². The number of para-hydroxylation sites is 2. The number of carbonyl (C=O) groups excluding carboxylic acids is 1. The first-order valence-corrected chi connectivity index (χ1v) is 14.5. The van der Waals surface area contributed by atoms with Gasteiger partial charge in [-0.1, -0.05) is 48.2 Å². The average molecular weight is 554 g/mol. The maximum absolute atomic E-state index is 12.8. The number of aromatic nitrogens is 1. The molecule has 1 aliphatic heterocycles. The highest BCUT2D eigenvalue weighted by atomic mass is 32.2. The molecule has 8 heteroatoms. The summed E-state index contributed by atoms with van der Waals surface area (Å²) in [5.74, 6) is 0.686. The molecule has 0 spiro atoms. The van der Waals surface area contributed by atoms with Crippen molar-refractivity contribution in [3.8, 4) is 5.75 Å². The first-order valence-electron chi connectivity index (χ1n) is 13.7. The third-order valence-electron chi connectivity index (χ3n) is 6.82. The minimum absolute atomic E-state index is 0.305. The Bertz CT molecular complexity index is 1360. The van der Waals surface area contributed by atoms with Crippen molar-refractivity contribution in [2.75, 3.05) is 54.9 Å². The summed E-state index contributed by atoms with van der Waals surface area (Å²) < 4.78 is 6.13. The van der Waals surface area contributed by atoms with Crippen LogP contribution in [0.15, 0.2) is 107 Å². The number of ether oxygens (including phenoxy) is 1. The van der Waals surface area contributed by atoms with Gasteiger partial charge < -0.3 is 20.3 Å². The van der Waals surface area contributed by atoms with E-state index in [1.165, 1.54) is 5.69 Å². The number of aryl methyl sites for hydroxylation is 1. The van der Waals surface area contributed by atoms with E-state index in [0.717, 1.165) is 54.6 Å². The van der Waals surface area contributed by atoms with E-state index in [4.69, 9.17) is 4.74 Å². The zero-order valence-electron chi connectivity index (χ0n) is 22.8. The molecule has 0 aliphatic carbocycles. The summed E-state index contributed by atoms with van der Waals surface area (Å²) in [6.45, 7) is 7.73. The molecule has 0 saturated carbocycles. The number of nitrogens with one attached hydrogen (secondary N) is 2. The Morgan fingerprint density at radius 2 is 1.65 bits per heavy atom. The molecule has 2 N–H and O–H groups in total. The molecule has 206 valence electrons. The van der Waals surface area contributed by atoms with Crippen molar-refractivity contribution in [2.24, 2.45) is 0 Å². The van der Waals surface area contributed by atoms with Crippen molar-refractivity contribution in [3.05, 3.63) is 103 Å². The van der Waals surface area contributed by atoms with E-state index in [0.29, 0.717) is 23.7 Å². The second-order valence-corrected chi connectivity index (χ2v) is 10.8. The lowest BCUT2D eigenvalue weighted by Crippen LogP contribution is -2.46. The van der Waals surface area contributed by atoms with Gasteiger partial charge in [-0.2, -0.15) is 0 Å². The van der Waals surface area contributed by atoms with Crippen LogP contribution in [0.25, 0.3) is 0 Å². The first-order chi connectivity index (χ1) is 19.6. The lowest BCUT2D eigenvalue weighted by atomic mass is 10.2. The lowest BCUT2D eigenvalue weighted by Gasteiger charge is -2.36. The maximum atomic E-state index is 12.8. The standard InChI is InChI=1S/C32H35N5O2S/c1-25-9-7-12-29(39-24-8-19-36-20-22-37(23-21-36)27-10-3-2-4-11-27)31(25)35-32(38)34-26-14-16-28(17-15-26)40-30-13-5-6-18-33-30/h2-7,9-18H,8,19-24H2,1H3,(H2,34,35,38). The SMILES string of the molecule is Cc1cccc(OCCCN2CCN(c3ccccc3)CC2)c1NC(=O)Nc1ccc(Sc2ccccn2)cc1. The number of hydrogen-bond donors (Lipinski definition) is 2. The molecule has 1 aromatic heterocycles. The smallest absolute Gasteiger partial charge is 0.323 e. The monoisotopic (exact) mass is 553 g/mol. The second-order valence-electron chi connectivity index (χ2n) is 9.69. The number of benzene rings is 3. The van der Waals surface area contributed by atoms with Gasteiger partial charge in [0.25, 0.3) is 0 Å². The number of pyridine rings is 1. The van der Waals surface area contributed by atoms with Crippen molar-refractivity contribution >= 4 is 34.9 Å². The largest absolute Gasteiger partial charge is 0.491 e. The van der Waals surface area contributed by atoms with Crippen LogP contribution >= 0.6 is 11.8 Å². The van der Waals surface area contributed by atoms with E-state index in [-0.39, 0.29) is 6.03 Å². The Hall–Kier alpha value is -4.01. The quantitative estimate of drug-likeness (QED) is 0.211. The van der Waals surface area contributed by atoms with Crippen LogP contribution < -0.4 is 20.3 Å². The van der Waals surface area contributed by atoms with Crippen LogP contribution in [0, 0.1) is 6.92 Å². The van der Waals surface area contributed by atoms with Crippen LogP contribution in [0.2, 0.25) is 0 Å². The number of amides is 2. The normalized spacial score (nSPS) is 13.6. The molecule has 1 fully saturated rings. The minimum atomic E-state index is -0.305. The third kappa shape index (κ3) is 7.77. The van der Waals surface area contributed by atoms with E-state index >= 15 is 0 Å². The number of anilines is 3. The van der Waals surface area contributed by atoms with E-state index in [2.05, 4.69) is 55.7 Å². The molecule has 5 rings (SSSR count). The third-order valence-corrected chi connectivity index (χ3v) is 7.77. The predicted octanol–water partition coefficient (Wildman–Crippen LogP) is 6.78. The van der Waals surface area contributed by atoms with Crippen molar-refractivity contribution in [1.82, 2.24) is 9.88 Å². The fraction of sp³-hybridized carbons (Fsp3) is 0.250. The summed E-state index contributed by atoms with van der Waals surface area (Å²) in [7, 11) is 0. The lowest BCUT2D eigenvalue weighted by molar-refractivity contribution is 0.225. The van der Waals surface area contributed by atoms with Gasteiger partial charge in [-0.05, 0) is 73.5 Å². The van der Waals surface area contributed by atoms with E-state index in [9.17, 15) is 4.79 Å². The highest BCUT2D eigenvalue weighted by molar-refractivity contribution is 7.99. The van der Waals surface area contributed by atoms with E-state index in [1.54, 1.807) is 18.0 Å². The van der Waals surface area contributed by atoms with Gasteiger partial charge in [0.15, 0.2) is 0 Å². The van der Waals surface area contributed by atoms with Crippen LogP contribution in [0.5, 0.6) is 5.75 Å². The molecule has 2 amide bonds. The molecule has 2 heterocycles. The van der Waals surface area contributed by atoms with Gasteiger partial charge >= 0.3 is 6.03 Å². The molecular weight excluding hydrogens is 518 g/mol. The van der Waals surface area contributed by atoms with Crippen LogP contribution in [-0.4, -0.2) is 55.2 Å². The molecule has 7 nitrogen and oxygen atoms in total. The van der Waals surface area contributed by atoms with Gasteiger partial charge in [0.05, 0.1) is 12.3 Å². The molecule has 3 aromatic carbocycles. The van der Waals surface area contributed by atoms with Crippen LogP contribution in [0.4, 0.5) is 21.9 Å². The zero-order chi connectivity index (χ0) is 27.6. The average Bonchev–Trinajstić information content (AvgIpc) is 2.99. The molecule has 1 saturated heterocycles. The van der Waals surface area contributed by atoms with Gasteiger partial charge in [0.2, 0.25) is 0 Å². The van der Waals surface area contributed by atoms with E-state index in [1.807, 2.05) is 67.6 Å². The highest BCUT2D eigenvalue weighted by Crippen LogP contribution is 2.29. The van der Waals surface area contributed by atoms with Crippen LogP contribution in [0.1, 0.15) is 12.0 Å². The molecule has 4 aromatic rings. The minimum Gasteiger partial charge on any atom is -0.491 e. The van der Waals surface area contributed by atoms with Crippen LogP contribution in [-0.2, 0) is 0 Å². The summed E-state index contributed by atoms with van der Waals surface area (Å²) >= 11 is 1.58. The molecule has 40 heavy (non-hydrogen) atoms. The summed E-state index contributed by atoms with van der Waals surface area (Å²) in [6.07, 6.45) is 2.70. The molecule has 0 radical (unpaired) electrons. The molecule has 0 bridgehead atoms. The number of urea groups is 1. The fourth-order valence-electron chi connectivity index (χ4n) is 4.67. The molecule has 0 unspecified atom stereocenters. The summed E-state index contributed by atoms with van der Waals surface area (Å²) in [5, 5.41) is 6.84. The Morgan fingerprint density at radius 3 is 2.40 bits per heavy atom. The number of piperazine rings is 1. The second kappa shape index (κ2) is 13.9. The maximum Gasteiger partial charge on any atom is 0.323 e. The summed E-state index contributed by atoms with van der Waals surface area (Å²) in [6, 6.07) is 29.7. The van der Waals surface area contributed by atoms with E-state index < -0.39 is 0 Å². The number of nitrogens with zero attached hydrogens (tertiary/aromatic N) is 3. The number of rotatable bonds is 10. The van der Waals surface area contributed by atoms with Gasteiger partial charge in [0.1, 0.15) is 10.8 Å². The van der Waals surface area contributed by atoms with Crippen LogP contribution in [0.3, 0.4) is 0 Å². The summed E-state index contributed by atoms with van der Waals surface area (Å²) in [4.78, 5) is 23.2. The molecular formula is C32H35N5O2S. The zero-order valence-corrected chi connectivity index (χ0v) is 23.6.